The molecule has 1 aliphatic heterocycles. The van der Waals surface area contributed by atoms with Crippen molar-refractivity contribution in [1.82, 2.24) is 10.0 Å². The molecule has 0 aliphatic carbocycles. The fraction of sp³-hybridized carbons (Fsp3) is 1.00. The maximum atomic E-state index is 2.52. The van der Waals surface area contributed by atoms with Gasteiger partial charge in [-0.1, -0.05) is 13.8 Å². The van der Waals surface area contributed by atoms with Gasteiger partial charge >= 0.3 is 0 Å². The molecule has 1 heterocycles. The van der Waals surface area contributed by atoms with E-state index >= 15 is 0 Å². The van der Waals surface area contributed by atoms with Gasteiger partial charge < -0.3 is 0 Å². The highest BCUT2D eigenvalue weighted by molar-refractivity contribution is 4.81. The lowest BCUT2D eigenvalue weighted by atomic mass is 10.0. The zero-order valence-electron chi connectivity index (χ0n) is 9.04. The molecule has 0 N–H and O–H groups in total. The second-order valence-electron chi connectivity index (χ2n) is 4.46. The molecule has 1 fully saturated rings. The van der Waals surface area contributed by atoms with Crippen molar-refractivity contribution in [2.75, 3.05) is 13.6 Å². The van der Waals surface area contributed by atoms with E-state index in [0.29, 0.717) is 6.04 Å². The fourth-order valence-electron chi connectivity index (χ4n) is 2.24. The number of rotatable bonds is 2. The zero-order valence-corrected chi connectivity index (χ0v) is 9.04. The third kappa shape index (κ3) is 1.80. The summed E-state index contributed by atoms with van der Waals surface area (Å²) in [6, 6.07) is 1.40. The third-order valence-corrected chi connectivity index (χ3v) is 2.78. The Morgan fingerprint density at radius 2 is 1.75 bits per heavy atom. The first kappa shape index (κ1) is 10.0. The molecule has 12 heavy (non-hydrogen) atoms. The van der Waals surface area contributed by atoms with Gasteiger partial charge in [0, 0.05) is 25.7 Å². The number of hydrogen-bond acceptors (Lipinski definition) is 2. The third-order valence-electron chi connectivity index (χ3n) is 2.78. The molecule has 1 unspecified atom stereocenters. The molecular weight excluding hydrogens is 148 g/mol. The summed E-state index contributed by atoms with van der Waals surface area (Å²) in [6.07, 6.45) is 1.33. The molecule has 0 bridgehead atoms. The standard InChI is InChI=1S/C10H22N2/c1-8(2)10-6-7-11(5)12(10)9(3)4/h8-10H,6-7H2,1-5H3. The summed E-state index contributed by atoms with van der Waals surface area (Å²) in [5.74, 6) is 0.775. The molecule has 1 atom stereocenters. The van der Waals surface area contributed by atoms with Crippen molar-refractivity contribution < 1.29 is 0 Å². The normalized spacial score (nSPS) is 27.8. The van der Waals surface area contributed by atoms with Gasteiger partial charge in [-0.2, -0.15) is 0 Å². The first-order valence-electron chi connectivity index (χ1n) is 5.03. The Bertz CT molecular complexity index is 143. The molecule has 0 saturated carbocycles. The maximum absolute atomic E-state index is 2.52. The van der Waals surface area contributed by atoms with Crippen molar-refractivity contribution in [3.8, 4) is 0 Å². The Morgan fingerprint density at radius 3 is 2.08 bits per heavy atom. The van der Waals surface area contributed by atoms with Crippen LogP contribution in [0.3, 0.4) is 0 Å². The van der Waals surface area contributed by atoms with E-state index in [1.165, 1.54) is 13.0 Å². The number of nitrogens with zero attached hydrogens (tertiary/aromatic N) is 2. The van der Waals surface area contributed by atoms with E-state index in [4.69, 9.17) is 0 Å². The van der Waals surface area contributed by atoms with Crippen LogP contribution in [0.25, 0.3) is 0 Å². The van der Waals surface area contributed by atoms with Gasteiger partial charge in [-0.25, -0.2) is 10.0 Å². The summed E-state index contributed by atoms with van der Waals surface area (Å²) in [5.41, 5.74) is 0. The average molecular weight is 170 g/mol. The quantitative estimate of drug-likeness (QED) is 0.625. The van der Waals surface area contributed by atoms with Crippen molar-refractivity contribution in [1.29, 1.82) is 0 Å². The highest BCUT2D eigenvalue weighted by Gasteiger charge is 2.32. The summed E-state index contributed by atoms with van der Waals surface area (Å²) in [5, 5.41) is 4.89. The SMILES string of the molecule is CC(C)C1CCN(C)N1C(C)C. The summed E-state index contributed by atoms with van der Waals surface area (Å²) >= 11 is 0. The van der Waals surface area contributed by atoms with Gasteiger partial charge in [-0.15, -0.1) is 0 Å². The molecule has 1 rings (SSSR count). The predicted octanol–water partition coefficient (Wildman–Crippen LogP) is 1.97. The van der Waals surface area contributed by atoms with E-state index in [1.54, 1.807) is 0 Å². The molecule has 0 aromatic carbocycles. The minimum Gasteiger partial charge on any atom is -0.244 e. The Kier molecular flexibility index (Phi) is 3.13. The van der Waals surface area contributed by atoms with Gasteiger partial charge in [0.1, 0.15) is 0 Å². The Morgan fingerprint density at radius 1 is 1.17 bits per heavy atom. The van der Waals surface area contributed by atoms with Crippen LogP contribution < -0.4 is 0 Å². The molecule has 1 saturated heterocycles. The van der Waals surface area contributed by atoms with Crippen LogP contribution in [0.4, 0.5) is 0 Å². The van der Waals surface area contributed by atoms with E-state index in [0.717, 1.165) is 12.0 Å². The highest BCUT2D eigenvalue weighted by atomic mass is 15.7. The Balaban J connectivity index is 2.64. The van der Waals surface area contributed by atoms with Crippen LogP contribution in [-0.4, -0.2) is 35.7 Å². The molecule has 0 amide bonds. The van der Waals surface area contributed by atoms with Crippen LogP contribution in [0.2, 0.25) is 0 Å². The zero-order chi connectivity index (χ0) is 9.30. The maximum Gasteiger partial charge on any atom is 0.0284 e. The fourth-order valence-corrected chi connectivity index (χ4v) is 2.24. The van der Waals surface area contributed by atoms with Crippen molar-refractivity contribution in [3.05, 3.63) is 0 Å². The second-order valence-corrected chi connectivity index (χ2v) is 4.46. The first-order chi connectivity index (χ1) is 5.54. The first-order valence-corrected chi connectivity index (χ1v) is 5.03. The monoisotopic (exact) mass is 170 g/mol. The van der Waals surface area contributed by atoms with E-state index < -0.39 is 0 Å². The van der Waals surface area contributed by atoms with Crippen molar-refractivity contribution in [2.45, 2.75) is 46.2 Å². The van der Waals surface area contributed by atoms with Crippen LogP contribution >= 0.6 is 0 Å². The number of hydrogen-bond donors (Lipinski definition) is 0. The largest absolute Gasteiger partial charge is 0.244 e. The lowest BCUT2D eigenvalue weighted by molar-refractivity contribution is -0.0226. The van der Waals surface area contributed by atoms with E-state index in [-0.39, 0.29) is 0 Å². The smallest absolute Gasteiger partial charge is 0.0284 e. The average Bonchev–Trinajstić information content (AvgIpc) is 2.30. The van der Waals surface area contributed by atoms with Gasteiger partial charge in [0.2, 0.25) is 0 Å². The molecule has 0 radical (unpaired) electrons. The molecule has 0 spiro atoms. The molecule has 1 aliphatic rings. The van der Waals surface area contributed by atoms with Gasteiger partial charge in [0.05, 0.1) is 0 Å². The van der Waals surface area contributed by atoms with E-state index in [2.05, 4.69) is 44.8 Å². The molecule has 2 nitrogen and oxygen atoms in total. The lowest BCUT2D eigenvalue weighted by Gasteiger charge is -2.35. The minimum atomic E-state index is 0.643. The van der Waals surface area contributed by atoms with Gasteiger partial charge in [-0.05, 0) is 26.2 Å². The molecule has 0 aromatic heterocycles. The summed E-state index contributed by atoms with van der Waals surface area (Å²) in [6.45, 7) is 10.4. The van der Waals surface area contributed by atoms with E-state index in [9.17, 15) is 0 Å². The van der Waals surface area contributed by atoms with E-state index in [1.807, 2.05) is 0 Å². The topological polar surface area (TPSA) is 6.48 Å². The van der Waals surface area contributed by atoms with Gasteiger partial charge in [0.25, 0.3) is 0 Å². The molecule has 0 aromatic rings. The Labute approximate surface area is 76.5 Å². The van der Waals surface area contributed by atoms with Crippen molar-refractivity contribution in [3.63, 3.8) is 0 Å². The molecular formula is C10H22N2. The predicted molar refractivity (Wildman–Crippen MR) is 52.8 cm³/mol. The summed E-state index contributed by atoms with van der Waals surface area (Å²) in [4.78, 5) is 0. The molecule has 2 heteroatoms. The van der Waals surface area contributed by atoms with Crippen molar-refractivity contribution >= 4 is 0 Å². The van der Waals surface area contributed by atoms with Gasteiger partial charge in [-0.3, -0.25) is 0 Å². The Hall–Kier alpha value is -0.0800. The van der Waals surface area contributed by atoms with Crippen LogP contribution in [0.1, 0.15) is 34.1 Å². The summed E-state index contributed by atoms with van der Waals surface area (Å²) < 4.78 is 0. The van der Waals surface area contributed by atoms with Crippen LogP contribution in [0, 0.1) is 5.92 Å². The second kappa shape index (κ2) is 3.75. The van der Waals surface area contributed by atoms with Crippen LogP contribution in [-0.2, 0) is 0 Å². The van der Waals surface area contributed by atoms with Crippen LogP contribution in [0.15, 0.2) is 0 Å². The van der Waals surface area contributed by atoms with Crippen molar-refractivity contribution in [2.24, 2.45) is 5.92 Å². The highest BCUT2D eigenvalue weighted by Crippen LogP contribution is 2.25. The minimum absolute atomic E-state index is 0.643. The van der Waals surface area contributed by atoms with Gasteiger partial charge in [0.15, 0.2) is 0 Å². The van der Waals surface area contributed by atoms with Crippen LogP contribution in [0.5, 0.6) is 0 Å². The summed E-state index contributed by atoms with van der Waals surface area (Å²) in [7, 11) is 2.20. The lowest BCUT2D eigenvalue weighted by Crippen LogP contribution is -2.45. The molecule has 72 valence electrons. The number of hydrazine groups is 1.